The van der Waals surface area contributed by atoms with Gasteiger partial charge in [-0.3, -0.25) is 14.4 Å². The van der Waals surface area contributed by atoms with E-state index >= 15 is 0 Å². The van der Waals surface area contributed by atoms with Crippen LogP contribution in [0.2, 0.25) is 0 Å². The van der Waals surface area contributed by atoms with Crippen molar-refractivity contribution in [2.24, 2.45) is 5.92 Å². The van der Waals surface area contributed by atoms with E-state index in [1.165, 1.54) is 7.11 Å². The molecule has 2 aliphatic rings. The van der Waals surface area contributed by atoms with Gasteiger partial charge in [-0.15, -0.1) is 0 Å². The summed E-state index contributed by atoms with van der Waals surface area (Å²) in [7, 11) is 1.37. The molecular formula is C15H24N2O4. The van der Waals surface area contributed by atoms with E-state index in [1.54, 1.807) is 9.80 Å². The number of hydrogen-bond acceptors (Lipinski definition) is 4. The van der Waals surface area contributed by atoms with Crippen molar-refractivity contribution >= 4 is 17.8 Å². The molecule has 2 fully saturated rings. The van der Waals surface area contributed by atoms with Gasteiger partial charge in [0.2, 0.25) is 11.8 Å². The van der Waals surface area contributed by atoms with Crippen molar-refractivity contribution in [2.45, 2.75) is 45.1 Å². The second-order valence-corrected chi connectivity index (χ2v) is 5.79. The van der Waals surface area contributed by atoms with Crippen molar-refractivity contribution in [1.82, 2.24) is 9.80 Å². The number of likely N-dealkylation sites (tertiary alicyclic amines) is 2. The number of amides is 2. The number of esters is 1. The van der Waals surface area contributed by atoms with Crippen LogP contribution in [0.3, 0.4) is 0 Å². The largest absolute Gasteiger partial charge is 0.469 e. The normalized spacial score (nSPS) is 26.1. The number of hydrogen-bond donors (Lipinski definition) is 0. The maximum Gasteiger partial charge on any atom is 0.307 e. The van der Waals surface area contributed by atoms with E-state index in [-0.39, 0.29) is 36.2 Å². The van der Waals surface area contributed by atoms with Crippen LogP contribution >= 0.6 is 0 Å². The zero-order valence-corrected chi connectivity index (χ0v) is 12.8. The van der Waals surface area contributed by atoms with Gasteiger partial charge in [0, 0.05) is 32.1 Å². The zero-order valence-electron chi connectivity index (χ0n) is 12.8. The number of methoxy groups -OCH3 is 1. The van der Waals surface area contributed by atoms with E-state index in [2.05, 4.69) is 0 Å². The van der Waals surface area contributed by atoms with Gasteiger partial charge in [0.15, 0.2) is 0 Å². The fourth-order valence-corrected chi connectivity index (χ4v) is 3.26. The molecule has 2 rings (SSSR count). The van der Waals surface area contributed by atoms with Gasteiger partial charge >= 0.3 is 5.97 Å². The van der Waals surface area contributed by atoms with E-state index in [1.807, 2.05) is 6.92 Å². The Morgan fingerprint density at radius 1 is 1.33 bits per heavy atom. The summed E-state index contributed by atoms with van der Waals surface area (Å²) in [5.41, 5.74) is 0. The lowest BCUT2D eigenvalue weighted by molar-refractivity contribution is -0.146. The summed E-state index contributed by atoms with van der Waals surface area (Å²) in [6.45, 7) is 3.76. The molecule has 0 bridgehead atoms. The molecule has 2 aliphatic heterocycles. The number of carbonyl (C=O) groups is 3. The Balaban J connectivity index is 2.02. The Bertz CT molecular complexity index is 424. The van der Waals surface area contributed by atoms with Crippen molar-refractivity contribution in [3.05, 3.63) is 0 Å². The highest BCUT2D eigenvalue weighted by atomic mass is 16.5. The van der Waals surface area contributed by atoms with Crippen LogP contribution in [0, 0.1) is 5.92 Å². The van der Waals surface area contributed by atoms with Crippen molar-refractivity contribution in [2.75, 3.05) is 26.7 Å². The highest BCUT2D eigenvalue weighted by Gasteiger charge is 2.38. The first-order valence-corrected chi connectivity index (χ1v) is 7.71. The minimum absolute atomic E-state index is 0.0212. The lowest BCUT2D eigenvalue weighted by Crippen LogP contribution is -2.47. The molecule has 2 heterocycles. The second-order valence-electron chi connectivity index (χ2n) is 5.79. The van der Waals surface area contributed by atoms with Crippen LogP contribution in [0.1, 0.15) is 39.0 Å². The average Bonchev–Trinajstić information content (AvgIpc) is 2.88. The smallest absolute Gasteiger partial charge is 0.307 e. The van der Waals surface area contributed by atoms with Crippen molar-refractivity contribution < 1.29 is 19.1 Å². The SMILES string of the molecule is CCN1CC(C(=O)N2CCCCC2CC(=O)OC)CC1=O. The molecule has 21 heavy (non-hydrogen) atoms. The third-order valence-corrected chi connectivity index (χ3v) is 4.49. The molecule has 0 radical (unpaired) electrons. The lowest BCUT2D eigenvalue weighted by Gasteiger charge is -2.36. The van der Waals surface area contributed by atoms with Crippen LogP contribution in [0.4, 0.5) is 0 Å². The quantitative estimate of drug-likeness (QED) is 0.720. The molecule has 118 valence electrons. The van der Waals surface area contributed by atoms with E-state index in [9.17, 15) is 14.4 Å². The first-order valence-electron chi connectivity index (χ1n) is 7.71. The molecule has 0 saturated carbocycles. The number of rotatable bonds is 4. The van der Waals surface area contributed by atoms with Gasteiger partial charge in [-0.05, 0) is 26.2 Å². The molecule has 0 N–H and O–H groups in total. The predicted octanol–water partition coefficient (Wildman–Crippen LogP) is 0.799. The van der Waals surface area contributed by atoms with E-state index < -0.39 is 0 Å². The van der Waals surface area contributed by atoms with Gasteiger partial charge in [0.1, 0.15) is 0 Å². The highest BCUT2D eigenvalue weighted by Crippen LogP contribution is 2.26. The molecule has 2 unspecified atom stereocenters. The summed E-state index contributed by atoms with van der Waals surface area (Å²) < 4.78 is 4.72. The molecule has 2 saturated heterocycles. The number of carbonyl (C=O) groups excluding carboxylic acids is 3. The summed E-state index contributed by atoms with van der Waals surface area (Å²) in [5, 5.41) is 0. The lowest BCUT2D eigenvalue weighted by atomic mass is 9.96. The Morgan fingerprint density at radius 3 is 2.71 bits per heavy atom. The average molecular weight is 296 g/mol. The predicted molar refractivity (Wildman–Crippen MR) is 76.3 cm³/mol. The minimum Gasteiger partial charge on any atom is -0.469 e. The van der Waals surface area contributed by atoms with E-state index in [0.29, 0.717) is 26.1 Å². The summed E-state index contributed by atoms with van der Waals surface area (Å²) in [5.74, 6) is -0.460. The van der Waals surface area contributed by atoms with E-state index in [4.69, 9.17) is 4.74 Å². The minimum atomic E-state index is -0.280. The number of piperidine rings is 1. The maximum atomic E-state index is 12.7. The fraction of sp³-hybridized carbons (Fsp3) is 0.800. The van der Waals surface area contributed by atoms with Gasteiger partial charge < -0.3 is 14.5 Å². The molecule has 0 aromatic rings. The van der Waals surface area contributed by atoms with Crippen molar-refractivity contribution in [1.29, 1.82) is 0 Å². The maximum absolute atomic E-state index is 12.7. The van der Waals surface area contributed by atoms with E-state index in [0.717, 1.165) is 19.3 Å². The third kappa shape index (κ3) is 3.54. The monoisotopic (exact) mass is 296 g/mol. The van der Waals surface area contributed by atoms with Crippen LogP contribution in [-0.4, -0.2) is 60.4 Å². The molecule has 2 amide bonds. The number of nitrogens with zero attached hydrogens (tertiary/aromatic N) is 2. The Morgan fingerprint density at radius 2 is 2.10 bits per heavy atom. The Kier molecular flexibility index (Phi) is 5.20. The summed E-state index contributed by atoms with van der Waals surface area (Å²) in [6, 6.07) is -0.0792. The Labute approximate surface area is 125 Å². The van der Waals surface area contributed by atoms with Crippen LogP contribution in [0.25, 0.3) is 0 Å². The molecule has 6 nitrogen and oxygen atoms in total. The molecular weight excluding hydrogens is 272 g/mol. The fourth-order valence-electron chi connectivity index (χ4n) is 3.26. The van der Waals surface area contributed by atoms with Gasteiger partial charge in [-0.25, -0.2) is 0 Å². The molecule has 0 spiro atoms. The van der Waals surface area contributed by atoms with Crippen LogP contribution in [0.15, 0.2) is 0 Å². The summed E-state index contributed by atoms with van der Waals surface area (Å²) in [4.78, 5) is 39.5. The van der Waals surface area contributed by atoms with Crippen LogP contribution in [0.5, 0.6) is 0 Å². The molecule has 0 aromatic carbocycles. The van der Waals surface area contributed by atoms with Gasteiger partial charge in [0.05, 0.1) is 19.4 Å². The molecule has 0 aromatic heterocycles. The summed E-state index contributed by atoms with van der Waals surface area (Å²) in [6.07, 6.45) is 3.37. The zero-order chi connectivity index (χ0) is 15.4. The van der Waals surface area contributed by atoms with Crippen LogP contribution < -0.4 is 0 Å². The summed E-state index contributed by atoms with van der Waals surface area (Å²) >= 11 is 0. The first-order chi connectivity index (χ1) is 10.1. The second kappa shape index (κ2) is 6.91. The topological polar surface area (TPSA) is 66.9 Å². The standard InChI is InChI=1S/C15H24N2O4/c1-3-16-10-11(8-13(16)18)15(20)17-7-5-4-6-12(17)9-14(19)21-2/h11-12H,3-10H2,1-2H3. The molecule has 0 aliphatic carbocycles. The van der Waals surface area contributed by atoms with Gasteiger partial charge in [-0.2, -0.15) is 0 Å². The van der Waals surface area contributed by atoms with Crippen molar-refractivity contribution in [3.63, 3.8) is 0 Å². The first kappa shape index (κ1) is 15.8. The molecule has 6 heteroatoms. The highest BCUT2D eigenvalue weighted by molar-refractivity contribution is 5.89. The third-order valence-electron chi connectivity index (χ3n) is 4.49. The van der Waals surface area contributed by atoms with Gasteiger partial charge in [-0.1, -0.05) is 0 Å². The van der Waals surface area contributed by atoms with Crippen LogP contribution in [-0.2, 0) is 19.1 Å². The molecule has 2 atom stereocenters. The number of ether oxygens (including phenoxy) is 1. The van der Waals surface area contributed by atoms with Crippen molar-refractivity contribution in [3.8, 4) is 0 Å². The van der Waals surface area contributed by atoms with Gasteiger partial charge in [0.25, 0.3) is 0 Å². The Hall–Kier alpha value is -1.59.